The van der Waals surface area contributed by atoms with Crippen LogP contribution in [0.5, 0.6) is 0 Å². The average molecular weight is 282 g/mol. The molecule has 0 aliphatic heterocycles. The van der Waals surface area contributed by atoms with Crippen LogP contribution >= 0.6 is 34.8 Å². The number of carbonyl (C=O) groups is 1. The summed E-state index contributed by atoms with van der Waals surface area (Å²) in [6.45, 7) is 0. The maximum atomic E-state index is 11.2. The summed E-state index contributed by atoms with van der Waals surface area (Å²) in [6, 6.07) is 0. The number of hydrogen-bond acceptors (Lipinski definition) is 3. The molecule has 0 radical (unpaired) electrons. The van der Waals surface area contributed by atoms with E-state index in [9.17, 15) is 4.79 Å². The molecule has 2 aromatic rings. The molecule has 0 fully saturated rings. The molecule has 3 N–H and O–H groups in total. The van der Waals surface area contributed by atoms with E-state index in [-0.39, 0.29) is 11.1 Å². The van der Waals surface area contributed by atoms with Gasteiger partial charge in [0.05, 0.1) is 0 Å². The molecule has 84 valence electrons. The number of carbonyl (C=O) groups excluding carboxylic acids is 1. The quantitative estimate of drug-likeness (QED) is 0.640. The SMILES string of the molecule is O=C(Nc1nc(Cl)c2[nH]c[nH+]c2n1)C(Cl)Cl. The lowest BCUT2D eigenvalue weighted by Crippen LogP contribution is -2.20. The van der Waals surface area contributed by atoms with Crippen LogP contribution in [0.15, 0.2) is 6.33 Å². The van der Waals surface area contributed by atoms with Gasteiger partial charge in [-0.05, 0) is 0 Å². The van der Waals surface area contributed by atoms with Gasteiger partial charge in [0.15, 0.2) is 16.3 Å². The molecule has 0 atom stereocenters. The van der Waals surface area contributed by atoms with Crippen LogP contribution in [0, 0.1) is 0 Å². The zero-order valence-corrected chi connectivity index (χ0v) is 9.86. The number of H-pyrrole nitrogens is 2. The molecule has 0 unspecified atom stereocenters. The first-order chi connectivity index (χ1) is 7.58. The number of amides is 1. The van der Waals surface area contributed by atoms with Crippen LogP contribution in [-0.4, -0.2) is 25.7 Å². The van der Waals surface area contributed by atoms with Crippen LogP contribution in [-0.2, 0) is 4.79 Å². The Morgan fingerprint density at radius 3 is 2.94 bits per heavy atom. The first-order valence-electron chi connectivity index (χ1n) is 4.09. The topological polar surface area (TPSA) is 84.8 Å². The van der Waals surface area contributed by atoms with Gasteiger partial charge in [0, 0.05) is 0 Å². The summed E-state index contributed by atoms with van der Waals surface area (Å²) in [6.07, 6.45) is 1.54. The van der Waals surface area contributed by atoms with E-state index in [4.69, 9.17) is 34.8 Å². The number of hydrogen-bond donors (Lipinski definition) is 2. The Bertz CT molecular complexity index is 540. The van der Waals surface area contributed by atoms with Crippen molar-refractivity contribution < 1.29 is 9.78 Å². The molecule has 1 amide bonds. The highest BCUT2D eigenvalue weighted by Gasteiger charge is 2.18. The molecule has 0 saturated heterocycles. The molecule has 0 aliphatic rings. The predicted molar refractivity (Wildman–Crippen MR) is 59.6 cm³/mol. The van der Waals surface area contributed by atoms with Gasteiger partial charge in [-0.15, -0.1) is 0 Å². The highest BCUT2D eigenvalue weighted by molar-refractivity contribution is 6.54. The molecule has 2 heterocycles. The lowest BCUT2D eigenvalue weighted by molar-refractivity contribution is -0.347. The summed E-state index contributed by atoms with van der Waals surface area (Å²) >= 11 is 16.6. The number of fused-ring (bicyclic) bond motifs is 1. The number of aromatic amines is 2. The van der Waals surface area contributed by atoms with Crippen molar-refractivity contribution in [3.05, 3.63) is 11.5 Å². The number of nitrogens with one attached hydrogen (secondary N) is 3. The van der Waals surface area contributed by atoms with Gasteiger partial charge in [-0.3, -0.25) is 15.1 Å². The normalized spacial score (nSPS) is 11.0. The molecule has 2 rings (SSSR count). The number of halogens is 3. The highest BCUT2D eigenvalue weighted by atomic mass is 35.5. The fraction of sp³-hybridized carbons (Fsp3) is 0.143. The molecule has 16 heavy (non-hydrogen) atoms. The number of alkyl halides is 2. The van der Waals surface area contributed by atoms with Gasteiger partial charge in [0.2, 0.25) is 5.52 Å². The van der Waals surface area contributed by atoms with Crippen LogP contribution in [0.4, 0.5) is 5.95 Å². The van der Waals surface area contributed by atoms with Crippen molar-refractivity contribution in [1.82, 2.24) is 15.0 Å². The summed E-state index contributed by atoms with van der Waals surface area (Å²) in [5.74, 6) is -0.584. The Hall–Kier alpha value is -1.11. The second-order valence-corrected chi connectivity index (χ2v) is 4.24. The zero-order chi connectivity index (χ0) is 11.7. The third-order valence-electron chi connectivity index (χ3n) is 1.72. The summed E-state index contributed by atoms with van der Waals surface area (Å²) in [7, 11) is 0. The first-order valence-corrected chi connectivity index (χ1v) is 5.34. The Morgan fingerprint density at radius 1 is 1.50 bits per heavy atom. The fourth-order valence-electron chi connectivity index (χ4n) is 1.06. The zero-order valence-electron chi connectivity index (χ0n) is 7.59. The monoisotopic (exact) mass is 280 g/mol. The van der Waals surface area contributed by atoms with Crippen molar-refractivity contribution in [1.29, 1.82) is 0 Å². The van der Waals surface area contributed by atoms with Gasteiger partial charge in [-0.1, -0.05) is 39.8 Å². The molecule has 9 heteroatoms. The molecule has 2 aromatic heterocycles. The van der Waals surface area contributed by atoms with E-state index in [1.165, 1.54) is 0 Å². The number of aromatic nitrogens is 4. The van der Waals surface area contributed by atoms with Crippen molar-refractivity contribution in [3.63, 3.8) is 0 Å². The molecule has 0 aliphatic carbocycles. The third-order valence-corrected chi connectivity index (χ3v) is 2.39. The van der Waals surface area contributed by atoms with Gasteiger partial charge >= 0.3 is 11.6 Å². The van der Waals surface area contributed by atoms with Crippen LogP contribution in [0.25, 0.3) is 11.2 Å². The van der Waals surface area contributed by atoms with Gasteiger partial charge in [0.25, 0.3) is 5.91 Å². The predicted octanol–water partition coefficient (Wildman–Crippen LogP) is 1.17. The maximum Gasteiger partial charge on any atom is 0.308 e. The van der Waals surface area contributed by atoms with Crippen LogP contribution in [0.1, 0.15) is 0 Å². The largest absolute Gasteiger partial charge is 0.308 e. The summed E-state index contributed by atoms with van der Waals surface area (Å²) in [5, 5.41) is 2.50. The molecular weight excluding hydrogens is 276 g/mol. The summed E-state index contributed by atoms with van der Waals surface area (Å²) < 4.78 is 0. The molecular formula is C7H5Cl3N5O+. The fourth-order valence-corrected chi connectivity index (χ4v) is 1.40. The standard InChI is InChI=1S/C7H4Cl3N5O/c8-3(9)6(16)15-7-13-4(10)2-5(14-7)12-1-11-2/h1,3H,(H2,11,12,13,14,15,16)/p+1. The second kappa shape index (κ2) is 4.40. The minimum Gasteiger partial charge on any atom is -0.278 e. The van der Waals surface area contributed by atoms with Gasteiger partial charge < -0.3 is 0 Å². The lowest BCUT2D eigenvalue weighted by atomic mass is 10.5. The molecule has 0 bridgehead atoms. The smallest absolute Gasteiger partial charge is 0.278 e. The Kier molecular flexibility index (Phi) is 3.13. The lowest BCUT2D eigenvalue weighted by Gasteiger charge is -2.00. The number of imidazole rings is 1. The molecule has 0 spiro atoms. The van der Waals surface area contributed by atoms with E-state index in [0.717, 1.165) is 0 Å². The van der Waals surface area contributed by atoms with E-state index in [0.29, 0.717) is 11.2 Å². The third kappa shape index (κ3) is 2.18. The molecule has 0 saturated carbocycles. The number of anilines is 1. The van der Waals surface area contributed by atoms with Crippen molar-refractivity contribution >= 4 is 57.8 Å². The second-order valence-electron chi connectivity index (χ2n) is 2.78. The highest BCUT2D eigenvalue weighted by Crippen LogP contribution is 2.17. The van der Waals surface area contributed by atoms with Gasteiger partial charge in [-0.25, -0.2) is 4.98 Å². The minimum absolute atomic E-state index is 0.0321. The molecule has 0 aromatic carbocycles. The van der Waals surface area contributed by atoms with Crippen LogP contribution in [0.2, 0.25) is 5.15 Å². The minimum atomic E-state index is -1.19. The van der Waals surface area contributed by atoms with Crippen molar-refractivity contribution in [2.24, 2.45) is 0 Å². The van der Waals surface area contributed by atoms with E-state index in [1.54, 1.807) is 6.33 Å². The first kappa shape index (κ1) is 11.4. The maximum absolute atomic E-state index is 11.2. The number of nitrogens with zero attached hydrogens (tertiary/aromatic N) is 2. The Balaban J connectivity index is 2.35. The van der Waals surface area contributed by atoms with E-state index < -0.39 is 10.7 Å². The van der Waals surface area contributed by atoms with E-state index in [2.05, 4.69) is 25.3 Å². The van der Waals surface area contributed by atoms with E-state index >= 15 is 0 Å². The van der Waals surface area contributed by atoms with Crippen LogP contribution < -0.4 is 10.3 Å². The van der Waals surface area contributed by atoms with Crippen molar-refractivity contribution in [2.45, 2.75) is 4.84 Å². The summed E-state index contributed by atoms with van der Waals surface area (Å²) in [5.41, 5.74) is 1.02. The van der Waals surface area contributed by atoms with E-state index in [1.807, 2.05) is 0 Å². The van der Waals surface area contributed by atoms with Crippen molar-refractivity contribution in [3.8, 4) is 0 Å². The summed E-state index contributed by atoms with van der Waals surface area (Å²) in [4.78, 5) is 23.4. The van der Waals surface area contributed by atoms with Gasteiger partial charge in [-0.2, -0.15) is 4.98 Å². The Morgan fingerprint density at radius 2 is 2.25 bits per heavy atom. The number of rotatable bonds is 2. The van der Waals surface area contributed by atoms with Gasteiger partial charge in [0.1, 0.15) is 0 Å². The Labute approximate surface area is 104 Å². The van der Waals surface area contributed by atoms with Crippen molar-refractivity contribution in [2.75, 3.05) is 5.32 Å². The van der Waals surface area contributed by atoms with Crippen LogP contribution in [0.3, 0.4) is 0 Å². The average Bonchev–Trinajstić information content (AvgIpc) is 2.65. The molecule has 6 nitrogen and oxygen atoms in total.